The molecule has 0 fully saturated rings. The highest BCUT2D eigenvalue weighted by molar-refractivity contribution is 14.0. The quantitative estimate of drug-likeness (QED) is 0.328. The van der Waals surface area contributed by atoms with Crippen LogP contribution in [0.3, 0.4) is 0 Å². The molecular formula is C18H25IN4OS. The number of nitrogens with one attached hydrogen (secondary N) is 3. The molecule has 0 saturated heterocycles. The number of carbonyl (C=O) groups excluding carboxylic acids is 1. The van der Waals surface area contributed by atoms with Crippen LogP contribution < -0.4 is 16.0 Å². The molecule has 0 radical (unpaired) electrons. The Morgan fingerprint density at radius 1 is 1.16 bits per heavy atom. The van der Waals surface area contributed by atoms with E-state index in [0.29, 0.717) is 12.5 Å². The van der Waals surface area contributed by atoms with Gasteiger partial charge in [0.05, 0.1) is 13.1 Å². The Hall–Kier alpha value is -1.61. The first-order valence-corrected chi connectivity index (χ1v) is 9.07. The average Bonchev–Trinajstić information content (AvgIpc) is 3.11. The van der Waals surface area contributed by atoms with Gasteiger partial charge in [0.1, 0.15) is 0 Å². The van der Waals surface area contributed by atoms with E-state index in [-0.39, 0.29) is 36.4 Å². The predicted octanol–water partition coefficient (Wildman–Crippen LogP) is 3.62. The number of thiophene rings is 1. The van der Waals surface area contributed by atoms with Crippen LogP contribution in [0.15, 0.2) is 46.1 Å². The first kappa shape index (κ1) is 21.4. The zero-order valence-corrected chi connectivity index (χ0v) is 17.7. The lowest BCUT2D eigenvalue weighted by molar-refractivity contribution is -0.115. The van der Waals surface area contributed by atoms with Crippen LogP contribution in [0.4, 0.5) is 5.69 Å². The Bertz CT molecular complexity index is 673. The van der Waals surface area contributed by atoms with E-state index in [1.54, 1.807) is 11.3 Å². The topological polar surface area (TPSA) is 65.5 Å². The lowest BCUT2D eigenvalue weighted by atomic mass is 10.1. The Morgan fingerprint density at radius 3 is 2.68 bits per heavy atom. The van der Waals surface area contributed by atoms with Crippen molar-refractivity contribution < 1.29 is 4.79 Å². The summed E-state index contributed by atoms with van der Waals surface area (Å²) in [6.45, 7) is 5.60. The van der Waals surface area contributed by atoms with E-state index in [1.807, 2.05) is 42.6 Å². The van der Waals surface area contributed by atoms with Gasteiger partial charge in [-0.05, 0) is 53.4 Å². The van der Waals surface area contributed by atoms with Gasteiger partial charge < -0.3 is 16.0 Å². The fourth-order valence-corrected chi connectivity index (χ4v) is 2.79. The fourth-order valence-electron chi connectivity index (χ4n) is 2.13. The molecule has 1 amide bonds. The highest BCUT2D eigenvalue weighted by atomic mass is 127. The molecule has 0 unspecified atom stereocenters. The fraction of sp³-hybridized carbons (Fsp3) is 0.333. The number of carbonyl (C=O) groups is 1. The predicted molar refractivity (Wildman–Crippen MR) is 117 cm³/mol. The second kappa shape index (κ2) is 11.9. The summed E-state index contributed by atoms with van der Waals surface area (Å²) in [6.07, 6.45) is 0.946. The van der Waals surface area contributed by atoms with Crippen molar-refractivity contribution in [3.05, 3.63) is 52.2 Å². The van der Waals surface area contributed by atoms with Crippen LogP contribution in [-0.2, 0) is 17.8 Å². The van der Waals surface area contributed by atoms with Gasteiger partial charge in [0.2, 0.25) is 5.91 Å². The number of nitrogens with zero attached hydrogens (tertiary/aromatic N) is 1. The number of amides is 1. The van der Waals surface area contributed by atoms with Crippen molar-refractivity contribution >= 4 is 52.9 Å². The zero-order valence-electron chi connectivity index (χ0n) is 14.5. The molecule has 136 valence electrons. The maximum Gasteiger partial charge on any atom is 0.243 e. The first-order chi connectivity index (χ1) is 11.7. The van der Waals surface area contributed by atoms with Gasteiger partial charge in [-0.2, -0.15) is 11.3 Å². The molecule has 1 aromatic heterocycles. The molecule has 0 atom stereocenters. The van der Waals surface area contributed by atoms with E-state index in [9.17, 15) is 4.79 Å². The summed E-state index contributed by atoms with van der Waals surface area (Å²) in [5.41, 5.74) is 3.19. The van der Waals surface area contributed by atoms with Gasteiger partial charge in [0.25, 0.3) is 0 Å². The van der Waals surface area contributed by atoms with E-state index in [2.05, 4.69) is 33.2 Å². The summed E-state index contributed by atoms with van der Waals surface area (Å²) < 4.78 is 0. The molecular weight excluding hydrogens is 447 g/mol. The first-order valence-electron chi connectivity index (χ1n) is 8.13. The molecule has 0 aliphatic carbocycles. The Kier molecular flexibility index (Phi) is 10.2. The molecule has 0 bridgehead atoms. The van der Waals surface area contributed by atoms with Crippen LogP contribution in [0.25, 0.3) is 0 Å². The summed E-state index contributed by atoms with van der Waals surface area (Å²) in [5, 5.41) is 13.2. The Morgan fingerprint density at radius 2 is 2.00 bits per heavy atom. The smallest absolute Gasteiger partial charge is 0.243 e. The number of anilines is 1. The lowest BCUT2D eigenvalue weighted by Crippen LogP contribution is -2.41. The van der Waals surface area contributed by atoms with Crippen LogP contribution in [-0.4, -0.2) is 25.0 Å². The Balaban J connectivity index is 0.00000312. The molecule has 0 spiro atoms. The molecule has 7 heteroatoms. The molecule has 0 saturated carbocycles. The minimum atomic E-state index is -0.0932. The third-order valence-corrected chi connectivity index (χ3v) is 4.11. The summed E-state index contributed by atoms with van der Waals surface area (Å²) >= 11 is 1.65. The minimum absolute atomic E-state index is 0. The number of hydrogen-bond acceptors (Lipinski definition) is 3. The van der Waals surface area contributed by atoms with Gasteiger partial charge >= 0.3 is 0 Å². The molecule has 0 aliphatic rings. The van der Waals surface area contributed by atoms with E-state index in [4.69, 9.17) is 0 Å². The van der Waals surface area contributed by atoms with Crippen LogP contribution in [0, 0.1) is 0 Å². The molecule has 3 N–H and O–H groups in total. The van der Waals surface area contributed by atoms with E-state index in [1.165, 1.54) is 5.56 Å². The monoisotopic (exact) mass is 472 g/mol. The van der Waals surface area contributed by atoms with Crippen molar-refractivity contribution in [1.82, 2.24) is 10.6 Å². The molecule has 1 heterocycles. The molecule has 2 aromatic rings. The van der Waals surface area contributed by atoms with Gasteiger partial charge in [0.15, 0.2) is 5.96 Å². The SMILES string of the molecule is CCNC(=NCc1ccsc1)NCC(=O)Nc1cccc(CC)c1.I. The molecule has 25 heavy (non-hydrogen) atoms. The summed E-state index contributed by atoms with van der Waals surface area (Å²) in [7, 11) is 0. The second-order valence-corrected chi connectivity index (χ2v) is 6.06. The van der Waals surface area contributed by atoms with Crippen molar-refractivity contribution in [2.45, 2.75) is 26.8 Å². The van der Waals surface area contributed by atoms with Gasteiger partial charge in [0, 0.05) is 12.2 Å². The van der Waals surface area contributed by atoms with Crippen LogP contribution >= 0.6 is 35.3 Å². The third-order valence-electron chi connectivity index (χ3n) is 3.38. The largest absolute Gasteiger partial charge is 0.357 e. The molecule has 5 nitrogen and oxygen atoms in total. The lowest BCUT2D eigenvalue weighted by Gasteiger charge is -2.11. The molecule has 2 rings (SSSR count). The normalized spacial score (nSPS) is 10.7. The standard InChI is InChI=1S/C18H24N4OS.HI/c1-3-14-6-5-7-16(10-14)22-17(23)12-21-18(19-4-2)20-11-15-8-9-24-13-15;/h5-10,13H,3-4,11-12H2,1-2H3,(H,22,23)(H2,19,20,21);1H. The molecule has 1 aromatic carbocycles. The van der Waals surface area contributed by atoms with E-state index >= 15 is 0 Å². The zero-order chi connectivity index (χ0) is 17.2. The second-order valence-electron chi connectivity index (χ2n) is 5.28. The van der Waals surface area contributed by atoms with Gasteiger partial charge in [-0.15, -0.1) is 24.0 Å². The van der Waals surface area contributed by atoms with Gasteiger partial charge in [-0.25, -0.2) is 4.99 Å². The highest BCUT2D eigenvalue weighted by Crippen LogP contribution is 2.10. The van der Waals surface area contributed by atoms with Gasteiger partial charge in [-0.1, -0.05) is 19.1 Å². The van der Waals surface area contributed by atoms with Crippen LogP contribution in [0.5, 0.6) is 0 Å². The Labute approximate surface area is 170 Å². The van der Waals surface area contributed by atoms with Gasteiger partial charge in [-0.3, -0.25) is 4.79 Å². The number of hydrogen-bond donors (Lipinski definition) is 3. The maximum absolute atomic E-state index is 12.1. The number of aliphatic imine (C=N–C) groups is 1. The maximum atomic E-state index is 12.1. The van der Waals surface area contributed by atoms with Crippen LogP contribution in [0.1, 0.15) is 25.0 Å². The van der Waals surface area contributed by atoms with Crippen molar-refractivity contribution in [3.63, 3.8) is 0 Å². The third kappa shape index (κ3) is 7.87. The van der Waals surface area contributed by atoms with E-state index < -0.39 is 0 Å². The number of rotatable bonds is 7. The molecule has 0 aliphatic heterocycles. The number of guanidine groups is 1. The van der Waals surface area contributed by atoms with E-state index in [0.717, 1.165) is 24.2 Å². The number of halogens is 1. The summed E-state index contributed by atoms with van der Waals surface area (Å²) in [6, 6.07) is 9.94. The minimum Gasteiger partial charge on any atom is -0.357 e. The van der Waals surface area contributed by atoms with Crippen molar-refractivity contribution in [3.8, 4) is 0 Å². The number of benzene rings is 1. The average molecular weight is 472 g/mol. The highest BCUT2D eigenvalue weighted by Gasteiger charge is 2.05. The summed E-state index contributed by atoms with van der Waals surface area (Å²) in [4.78, 5) is 16.6. The summed E-state index contributed by atoms with van der Waals surface area (Å²) in [5.74, 6) is 0.547. The van der Waals surface area contributed by atoms with Crippen LogP contribution in [0.2, 0.25) is 0 Å². The van der Waals surface area contributed by atoms with Crippen molar-refractivity contribution in [2.24, 2.45) is 4.99 Å². The van der Waals surface area contributed by atoms with Crippen molar-refractivity contribution in [1.29, 1.82) is 0 Å². The number of aryl methyl sites for hydroxylation is 1. The van der Waals surface area contributed by atoms with Crippen molar-refractivity contribution in [2.75, 3.05) is 18.4 Å².